The minimum atomic E-state index is -0.442. The average molecular weight is 449 g/mol. The van der Waals surface area contributed by atoms with Crippen molar-refractivity contribution < 1.29 is 14.0 Å². The highest BCUT2D eigenvalue weighted by molar-refractivity contribution is 6.00. The number of aromatic nitrogens is 3. The van der Waals surface area contributed by atoms with E-state index in [4.69, 9.17) is 0 Å². The van der Waals surface area contributed by atoms with Crippen LogP contribution in [0.3, 0.4) is 0 Å². The zero-order chi connectivity index (χ0) is 23.2. The Morgan fingerprint density at radius 3 is 2.55 bits per heavy atom. The molecule has 1 saturated heterocycles. The minimum absolute atomic E-state index is 0.131. The molecule has 1 aliphatic heterocycles. The SMILES string of the molecule is Cc1ccnc(Nc2ccc(NCCNC(=O)[C@H]3CC(=O)N(c4ccc(F)cc4)C3)nn2)c1. The average Bonchev–Trinajstić information content (AvgIpc) is 3.20. The standard InChI is InChI=1S/C23H24FN7O2/c1-15-8-9-25-21(12-15)28-20-7-6-19(29-30-20)26-10-11-27-23(33)16-13-22(32)31(14-16)18-4-2-17(24)3-5-18/h2-9,12,16H,10-11,13-14H2,1H3,(H,26,29)(H,27,33)(H,25,28,30)/t16-/m0/s1. The normalized spacial score (nSPS) is 15.4. The van der Waals surface area contributed by atoms with Crippen molar-refractivity contribution in [1.82, 2.24) is 20.5 Å². The monoisotopic (exact) mass is 449 g/mol. The molecular formula is C23H24FN7O2. The van der Waals surface area contributed by atoms with Gasteiger partial charge < -0.3 is 20.9 Å². The molecule has 3 N–H and O–H groups in total. The lowest BCUT2D eigenvalue weighted by Crippen LogP contribution is -2.35. The van der Waals surface area contributed by atoms with E-state index in [0.29, 0.717) is 36.2 Å². The van der Waals surface area contributed by atoms with Crippen LogP contribution in [-0.4, -0.2) is 46.6 Å². The van der Waals surface area contributed by atoms with Crippen LogP contribution in [0.1, 0.15) is 12.0 Å². The van der Waals surface area contributed by atoms with Crippen molar-refractivity contribution in [1.29, 1.82) is 0 Å². The molecule has 9 nitrogen and oxygen atoms in total. The summed E-state index contributed by atoms with van der Waals surface area (Å²) >= 11 is 0. The molecule has 0 spiro atoms. The molecule has 1 atom stereocenters. The highest BCUT2D eigenvalue weighted by Gasteiger charge is 2.34. The van der Waals surface area contributed by atoms with E-state index >= 15 is 0 Å². The van der Waals surface area contributed by atoms with E-state index in [2.05, 4.69) is 31.1 Å². The van der Waals surface area contributed by atoms with E-state index in [0.717, 1.165) is 5.56 Å². The first-order chi connectivity index (χ1) is 16.0. The van der Waals surface area contributed by atoms with Gasteiger partial charge in [-0.05, 0) is 61.0 Å². The molecule has 2 amide bonds. The Labute approximate surface area is 190 Å². The second-order valence-electron chi connectivity index (χ2n) is 7.75. The Morgan fingerprint density at radius 2 is 1.82 bits per heavy atom. The van der Waals surface area contributed by atoms with Crippen molar-refractivity contribution in [2.75, 3.05) is 35.2 Å². The fourth-order valence-corrected chi connectivity index (χ4v) is 3.50. The molecule has 3 heterocycles. The van der Waals surface area contributed by atoms with Crippen LogP contribution in [0.15, 0.2) is 54.7 Å². The number of halogens is 1. The summed E-state index contributed by atoms with van der Waals surface area (Å²) in [7, 11) is 0. The van der Waals surface area contributed by atoms with E-state index in [1.165, 1.54) is 29.2 Å². The molecule has 1 fully saturated rings. The van der Waals surface area contributed by atoms with E-state index in [1.54, 1.807) is 18.3 Å². The molecule has 0 radical (unpaired) electrons. The lowest BCUT2D eigenvalue weighted by Gasteiger charge is -2.16. The first-order valence-corrected chi connectivity index (χ1v) is 10.6. The number of anilines is 4. The summed E-state index contributed by atoms with van der Waals surface area (Å²) in [4.78, 5) is 30.5. The number of carbonyl (C=O) groups excluding carboxylic acids is 2. The van der Waals surface area contributed by atoms with Gasteiger partial charge in [-0.2, -0.15) is 0 Å². The van der Waals surface area contributed by atoms with Gasteiger partial charge in [0.05, 0.1) is 5.92 Å². The number of aryl methyl sites for hydroxylation is 1. The van der Waals surface area contributed by atoms with E-state index in [9.17, 15) is 14.0 Å². The number of hydrogen-bond donors (Lipinski definition) is 3. The number of nitrogens with zero attached hydrogens (tertiary/aromatic N) is 4. The Hall–Kier alpha value is -4.08. The molecule has 3 aromatic rings. The van der Waals surface area contributed by atoms with Crippen LogP contribution in [0.4, 0.5) is 27.5 Å². The van der Waals surface area contributed by atoms with E-state index < -0.39 is 5.92 Å². The Balaban J connectivity index is 1.20. The van der Waals surface area contributed by atoms with Crippen molar-refractivity contribution in [2.24, 2.45) is 5.92 Å². The van der Waals surface area contributed by atoms with Gasteiger partial charge >= 0.3 is 0 Å². The first kappa shape index (κ1) is 22.1. The number of carbonyl (C=O) groups is 2. The van der Waals surface area contributed by atoms with Crippen molar-refractivity contribution in [3.05, 3.63) is 66.1 Å². The van der Waals surface area contributed by atoms with Gasteiger partial charge in [-0.3, -0.25) is 9.59 Å². The summed E-state index contributed by atoms with van der Waals surface area (Å²) in [5.74, 6) is 0.690. The largest absolute Gasteiger partial charge is 0.367 e. The highest BCUT2D eigenvalue weighted by atomic mass is 19.1. The first-order valence-electron chi connectivity index (χ1n) is 10.6. The summed E-state index contributed by atoms with van der Waals surface area (Å²) in [5, 5.41) is 17.2. The number of hydrogen-bond acceptors (Lipinski definition) is 7. The summed E-state index contributed by atoms with van der Waals surface area (Å²) in [6.45, 7) is 3.08. The molecule has 10 heteroatoms. The maximum Gasteiger partial charge on any atom is 0.227 e. The van der Waals surface area contributed by atoms with E-state index in [1.807, 2.05) is 19.1 Å². The number of pyridine rings is 1. The zero-order valence-corrected chi connectivity index (χ0v) is 18.1. The van der Waals surface area contributed by atoms with Gasteiger partial charge in [0.1, 0.15) is 17.5 Å². The number of rotatable bonds is 8. The van der Waals surface area contributed by atoms with Crippen LogP contribution in [0.25, 0.3) is 0 Å². The second-order valence-corrected chi connectivity index (χ2v) is 7.75. The predicted octanol–water partition coefficient (Wildman–Crippen LogP) is 2.64. The van der Waals surface area contributed by atoms with Crippen LogP contribution in [0.5, 0.6) is 0 Å². The minimum Gasteiger partial charge on any atom is -0.367 e. The molecule has 0 aliphatic carbocycles. The third-order valence-electron chi connectivity index (χ3n) is 5.20. The second kappa shape index (κ2) is 10.0. The van der Waals surface area contributed by atoms with Crippen LogP contribution >= 0.6 is 0 Å². The molecule has 4 rings (SSSR count). The molecular weight excluding hydrogens is 425 g/mol. The van der Waals surface area contributed by atoms with Gasteiger partial charge in [-0.1, -0.05) is 0 Å². The van der Waals surface area contributed by atoms with Gasteiger partial charge in [0.25, 0.3) is 0 Å². The Bertz CT molecular complexity index is 1120. The van der Waals surface area contributed by atoms with Gasteiger partial charge in [0, 0.05) is 37.9 Å². The highest BCUT2D eigenvalue weighted by Crippen LogP contribution is 2.25. The van der Waals surface area contributed by atoms with Crippen molar-refractivity contribution in [2.45, 2.75) is 13.3 Å². The molecule has 170 valence electrons. The van der Waals surface area contributed by atoms with Crippen LogP contribution in [0.2, 0.25) is 0 Å². The summed E-state index contributed by atoms with van der Waals surface area (Å²) < 4.78 is 13.1. The van der Waals surface area contributed by atoms with Crippen molar-refractivity contribution in [3.63, 3.8) is 0 Å². The molecule has 2 aromatic heterocycles. The van der Waals surface area contributed by atoms with Gasteiger partial charge in [-0.25, -0.2) is 9.37 Å². The number of nitrogens with one attached hydrogen (secondary N) is 3. The summed E-state index contributed by atoms with van der Waals surface area (Å²) in [6.07, 6.45) is 1.85. The van der Waals surface area contributed by atoms with Crippen molar-refractivity contribution >= 4 is 35.0 Å². The molecule has 1 aromatic carbocycles. The lowest BCUT2D eigenvalue weighted by atomic mass is 10.1. The van der Waals surface area contributed by atoms with Crippen molar-refractivity contribution in [3.8, 4) is 0 Å². The van der Waals surface area contributed by atoms with Gasteiger partial charge in [-0.15, -0.1) is 10.2 Å². The van der Waals surface area contributed by atoms with Crippen LogP contribution in [0, 0.1) is 18.7 Å². The number of amides is 2. The van der Waals surface area contributed by atoms with Crippen LogP contribution in [-0.2, 0) is 9.59 Å². The smallest absolute Gasteiger partial charge is 0.227 e. The Kier molecular flexibility index (Phi) is 6.72. The quantitative estimate of drug-likeness (QED) is 0.453. The maximum atomic E-state index is 13.1. The third-order valence-corrected chi connectivity index (χ3v) is 5.20. The predicted molar refractivity (Wildman–Crippen MR) is 123 cm³/mol. The topological polar surface area (TPSA) is 112 Å². The fourth-order valence-electron chi connectivity index (χ4n) is 3.50. The molecule has 0 bridgehead atoms. The van der Waals surface area contributed by atoms with Gasteiger partial charge in [0.2, 0.25) is 11.8 Å². The molecule has 1 aliphatic rings. The third kappa shape index (κ3) is 5.79. The molecule has 0 saturated carbocycles. The Morgan fingerprint density at radius 1 is 1.06 bits per heavy atom. The van der Waals surface area contributed by atoms with Gasteiger partial charge in [0.15, 0.2) is 5.82 Å². The lowest BCUT2D eigenvalue weighted by molar-refractivity contribution is -0.126. The van der Waals surface area contributed by atoms with Crippen LogP contribution < -0.4 is 20.9 Å². The molecule has 0 unspecified atom stereocenters. The zero-order valence-electron chi connectivity index (χ0n) is 18.1. The maximum absolute atomic E-state index is 13.1. The summed E-state index contributed by atoms with van der Waals surface area (Å²) in [6, 6.07) is 13.1. The number of benzene rings is 1. The fraction of sp³-hybridized carbons (Fsp3) is 0.261. The molecule has 33 heavy (non-hydrogen) atoms. The van der Waals surface area contributed by atoms with E-state index in [-0.39, 0.29) is 30.6 Å². The summed E-state index contributed by atoms with van der Waals surface area (Å²) in [5.41, 5.74) is 1.68.